The highest BCUT2D eigenvalue weighted by atomic mass is 15.1. The van der Waals surface area contributed by atoms with Gasteiger partial charge in [0, 0.05) is 28.5 Å². The molecule has 1 aliphatic carbocycles. The summed E-state index contributed by atoms with van der Waals surface area (Å²) in [5, 5.41) is 18.2. The first-order valence-corrected chi connectivity index (χ1v) is 17.6. The number of hydrogen-bond acceptors (Lipinski definition) is 5. The lowest BCUT2D eigenvalue weighted by molar-refractivity contribution is 0.616. The van der Waals surface area contributed by atoms with Gasteiger partial charge in [-0.1, -0.05) is 103 Å². The Morgan fingerprint density at radius 1 is 0.784 bits per heavy atom. The minimum absolute atomic E-state index is 0.0900. The van der Waals surface area contributed by atoms with E-state index < -0.39 is 0 Å². The van der Waals surface area contributed by atoms with E-state index in [1.165, 1.54) is 10.9 Å². The van der Waals surface area contributed by atoms with Gasteiger partial charge < -0.3 is 15.2 Å². The van der Waals surface area contributed by atoms with Gasteiger partial charge in [-0.15, -0.1) is 0 Å². The van der Waals surface area contributed by atoms with Gasteiger partial charge in [-0.3, -0.25) is 9.98 Å². The zero-order valence-electron chi connectivity index (χ0n) is 28.1. The van der Waals surface area contributed by atoms with Gasteiger partial charge in [0.25, 0.3) is 0 Å². The van der Waals surface area contributed by atoms with E-state index in [0.717, 1.165) is 81.1 Å². The van der Waals surface area contributed by atoms with Crippen molar-refractivity contribution >= 4 is 34.0 Å². The second-order valence-corrected chi connectivity index (χ2v) is 13.3. The van der Waals surface area contributed by atoms with Crippen LogP contribution in [0.3, 0.4) is 0 Å². The van der Waals surface area contributed by atoms with Gasteiger partial charge in [0.1, 0.15) is 6.17 Å². The Labute approximate surface area is 297 Å². The van der Waals surface area contributed by atoms with E-state index in [1.54, 1.807) is 0 Å². The van der Waals surface area contributed by atoms with Gasteiger partial charge in [-0.05, 0) is 89.7 Å². The number of nitriles is 1. The quantitative estimate of drug-likeness (QED) is 0.187. The lowest BCUT2D eigenvalue weighted by Gasteiger charge is -2.33. The van der Waals surface area contributed by atoms with E-state index in [1.807, 2.05) is 24.4 Å². The van der Waals surface area contributed by atoms with Gasteiger partial charge in [0.2, 0.25) is 0 Å². The maximum Gasteiger partial charge on any atom is 0.145 e. The normalized spacial score (nSPS) is 19.5. The lowest BCUT2D eigenvalue weighted by Crippen LogP contribution is -2.40. The number of aromatic nitrogens is 2. The van der Waals surface area contributed by atoms with E-state index in [-0.39, 0.29) is 18.1 Å². The molecule has 9 rings (SSSR count). The predicted octanol–water partition coefficient (Wildman–Crippen LogP) is 9.28. The molecule has 0 bridgehead atoms. The van der Waals surface area contributed by atoms with Crippen molar-refractivity contribution in [2.75, 3.05) is 0 Å². The molecule has 0 amide bonds. The third kappa shape index (κ3) is 5.63. The van der Waals surface area contributed by atoms with Crippen LogP contribution in [0.15, 0.2) is 151 Å². The zero-order valence-corrected chi connectivity index (χ0v) is 28.1. The molecular weight excluding hydrogens is 625 g/mol. The number of allylic oxidation sites excluding steroid dienone is 2. The molecule has 6 nitrogen and oxygen atoms in total. The minimum Gasteiger partial charge on any atom is -0.383 e. The standard InChI is InChI=1S/C45H36N6/c46-29-30-16-25-41-37(28-30)36-12-4-5-15-40(36)51(41)35-23-21-32(22-24-35)31-17-19-34(20-18-31)45-49-43(38-13-6-8-26-47-38)42(33-10-2-1-3-11-33)44(50-45)39-14-7-9-27-48-39/h1-6,8-13,15-27,30,39,45,48-49H,7,14,28H2. The van der Waals surface area contributed by atoms with Gasteiger partial charge >= 0.3 is 0 Å². The summed E-state index contributed by atoms with van der Waals surface area (Å²) < 4.78 is 2.32. The average Bonchev–Trinajstić information content (AvgIpc) is 3.55. The Kier molecular flexibility index (Phi) is 7.87. The first-order valence-electron chi connectivity index (χ1n) is 17.6. The number of hydrogen-bond donors (Lipinski definition) is 2. The summed E-state index contributed by atoms with van der Waals surface area (Å²) in [5.41, 5.74) is 13.2. The van der Waals surface area contributed by atoms with Gasteiger partial charge in [-0.25, -0.2) is 0 Å². The first kappa shape index (κ1) is 30.6. The fourth-order valence-corrected chi connectivity index (χ4v) is 7.67. The highest BCUT2D eigenvalue weighted by molar-refractivity contribution is 6.32. The van der Waals surface area contributed by atoms with Crippen molar-refractivity contribution in [1.29, 1.82) is 5.26 Å². The predicted molar refractivity (Wildman–Crippen MR) is 207 cm³/mol. The molecule has 0 spiro atoms. The maximum atomic E-state index is 9.59. The molecule has 246 valence electrons. The zero-order chi connectivity index (χ0) is 34.1. The van der Waals surface area contributed by atoms with Crippen LogP contribution in [0.4, 0.5) is 0 Å². The second kappa shape index (κ2) is 13.1. The van der Waals surface area contributed by atoms with Crippen molar-refractivity contribution < 1.29 is 0 Å². The summed E-state index contributed by atoms with van der Waals surface area (Å²) in [6.45, 7) is 0. The Hall–Kier alpha value is -6.45. The monoisotopic (exact) mass is 660 g/mol. The number of rotatable bonds is 6. The first-order chi connectivity index (χ1) is 25.2. The largest absolute Gasteiger partial charge is 0.383 e. The van der Waals surface area contributed by atoms with Crippen molar-refractivity contribution in [2.45, 2.75) is 31.5 Å². The molecule has 2 aliphatic heterocycles. The van der Waals surface area contributed by atoms with Crippen LogP contribution in [0.2, 0.25) is 0 Å². The van der Waals surface area contributed by atoms with Crippen LogP contribution in [0, 0.1) is 17.2 Å². The van der Waals surface area contributed by atoms with Crippen LogP contribution in [-0.4, -0.2) is 21.3 Å². The van der Waals surface area contributed by atoms with E-state index in [9.17, 15) is 5.26 Å². The van der Waals surface area contributed by atoms with E-state index in [2.05, 4.69) is 149 Å². The third-order valence-electron chi connectivity index (χ3n) is 10.2. The van der Waals surface area contributed by atoms with E-state index >= 15 is 0 Å². The Morgan fingerprint density at radius 3 is 2.29 bits per heavy atom. The number of benzene rings is 4. The van der Waals surface area contributed by atoms with Crippen molar-refractivity contribution in [1.82, 2.24) is 20.2 Å². The number of para-hydroxylation sites is 1. The summed E-state index contributed by atoms with van der Waals surface area (Å²) in [5.74, 6) is -0.0900. The molecule has 6 heteroatoms. The van der Waals surface area contributed by atoms with Crippen LogP contribution in [-0.2, 0) is 6.42 Å². The number of nitrogens with one attached hydrogen (secondary N) is 2. The molecule has 4 heterocycles. The van der Waals surface area contributed by atoms with Crippen LogP contribution in [0.25, 0.3) is 45.1 Å². The highest BCUT2D eigenvalue weighted by Crippen LogP contribution is 2.38. The molecule has 0 fully saturated rings. The molecule has 0 radical (unpaired) electrons. The van der Waals surface area contributed by atoms with Crippen LogP contribution >= 0.6 is 0 Å². The molecule has 0 saturated heterocycles. The topological polar surface area (TPSA) is 78.0 Å². The van der Waals surface area contributed by atoms with Crippen molar-refractivity contribution in [2.24, 2.45) is 10.9 Å². The smallest absolute Gasteiger partial charge is 0.145 e. The van der Waals surface area contributed by atoms with Crippen molar-refractivity contribution in [3.8, 4) is 22.9 Å². The van der Waals surface area contributed by atoms with E-state index in [4.69, 9.17) is 9.98 Å². The fourth-order valence-electron chi connectivity index (χ4n) is 7.67. The van der Waals surface area contributed by atoms with Crippen LogP contribution < -0.4 is 10.6 Å². The molecule has 6 aromatic rings. The molecule has 0 saturated carbocycles. The molecule has 2 aromatic heterocycles. The second-order valence-electron chi connectivity index (χ2n) is 13.3. The summed E-state index contributed by atoms with van der Waals surface area (Å²) in [6, 6.07) is 45.1. The number of aliphatic imine (C=N–C) groups is 1. The Morgan fingerprint density at radius 2 is 1.55 bits per heavy atom. The molecule has 3 aliphatic rings. The lowest BCUT2D eigenvalue weighted by atomic mass is 9.88. The number of nitrogens with zero attached hydrogens (tertiary/aromatic N) is 4. The van der Waals surface area contributed by atoms with E-state index in [0.29, 0.717) is 0 Å². The molecular formula is C45H36N6. The fraction of sp³-hybridized carbons (Fsp3) is 0.133. The van der Waals surface area contributed by atoms with Gasteiger partial charge in [0.05, 0.1) is 40.6 Å². The molecule has 2 N–H and O–H groups in total. The molecule has 4 aromatic carbocycles. The maximum absolute atomic E-state index is 9.59. The van der Waals surface area contributed by atoms with Crippen molar-refractivity contribution in [3.63, 3.8) is 0 Å². The molecule has 3 atom stereocenters. The SMILES string of the molecule is N#CC1C=Cc2c(c3ccccc3n2-c2ccc(-c3ccc(C4N=C(C5CCC=CN5)C(c5ccccc5)=C(c5ccccn5)N4)cc3)cc2)C1. The molecule has 51 heavy (non-hydrogen) atoms. The Balaban J connectivity index is 1.05. The summed E-state index contributed by atoms with van der Waals surface area (Å²) in [4.78, 5) is 10.2. The Bertz CT molecular complexity index is 2390. The third-order valence-corrected chi connectivity index (χ3v) is 10.2. The highest BCUT2D eigenvalue weighted by Gasteiger charge is 2.31. The van der Waals surface area contributed by atoms with Crippen LogP contribution in [0.1, 0.15) is 47.1 Å². The van der Waals surface area contributed by atoms with Gasteiger partial charge in [0.15, 0.2) is 0 Å². The summed E-state index contributed by atoms with van der Waals surface area (Å²) in [7, 11) is 0. The average molecular weight is 661 g/mol. The van der Waals surface area contributed by atoms with Crippen molar-refractivity contribution in [3.05, 3.63) is 174 Å². The summed E-state index contributed by atoms with van der Waals surface area (Å²) in [6.07, 6.45) is 12.7. The summed E-state index contributed by atoms with van der Waals surface area (Å²) >= 11 is 0. The number of pyridine rings is 1. The minimum atomic E-state index is -0.268. The van der Waals surface area contributed by atoms with Crippen LogP contribution in [0.5, 0.6) is 0 Å². The molecule has 3 unspecified atom stereocenters. The van der Waals surface area contributed by atoms with Gasteiger partial charge in [-0.2, -0.15) is 5.26 Å². The number of fused-ring (bicyclic) bond motifs is 3.